The van der Waals surface area contributed by atoms with Gasteiger partial charge in [-0.25, -0.2) is 0 Å². The Bertz CT molecular complexity index is 44.9. The molecule has 0 bridgehead atoms. The van der Waals surface area contributed by atoms with Crippen LogP contribution in [0.2, 0.25) is 0 Å². The van der Waals surface area contributed by atoms with E-state index in [0.717, 1.165) is 0 Å². The molecule has 30 valence electrons. The third-order valence-electron chi connectivity index (χ3n) is 0.0956. The molecule has 0 fully saturated rings. The normalized spacial score (nSPS) is 6.80. The minimum absolute atomic E-state index is 0.505. The molecule has 0 radical (unpaired) electrons. The van der Waals surface area contributed by atoms with Crippen LogP contribution in [0.15, 0.2) is 0 Å². The zero-order valence-corrected chi connectivity index (χ0v) is 5.89. The van der Waals surface area contributed by atoms with Gasteiger partial charge >= 0.3 is 49.7 Å². The maximum atomic E-state index is 4.43. The van der Waals surface area contributed by atoms with E-state index in [-0.39, 0.29) is 0 Å². The van der Waals surface area contributed by atoms with Crippen LogP contribution in [-0.2, 0) is 0 Å². The molecule has 0 aromatic carbocycles. The summed E-state index contributed by atoms with van der Waals surface area (Å²) in [5.41, 5.74) is 0. The fourth-order valence-corrected chi connectivity index (χ4v) is 0. The number of thiocarbonyl (C=S) groups is 1. The minimum atomic E-state index is 0.505. The van der Waals surface area contributed by atoms with E-state index in [0.29, 0.717) is 4.32 Å². The summed E-state index contributed by atoms with van der Waals surface area (Å²) in [6.07, 6.45) is 0. The van der Waals surface area contributed by atoms with Crippen LogP contribution in [0, 0.1) is 0 Å². The molecule has 0 rings (SSSR count). The Morgan fingerprint density at radius 1 is 2.00 bits per heavy atom. The Balaban J connectivity index is 2.85. The Labute approximate surface area is 50.0 Å². The molecule has 0 saturated carbocycles. The van der Waals surface area contributed by atoms with Crippen molar-refractivity contribution in [2.24, 2.45) is 0 Å². The van der Waals surface area contributed by atoms with Crippen LogP contribution in [-0.4, -0.2) is 20.6 Å². The third-order valence-corrected chi connectivity index (χ3v) is 1.49. The summed E-state index contributed by atoms with van der Waals surface area (Å²) in [6, 6.07) is 0. The first-order valence-corrected chi connectivity index (χ1v) is 2.70. The van der Waals surface area contributed by atoms with Crippen LogP contribution in [0.3, 0.4) is 0 Å². The van der Waals surface area contributed by atoms with E-state index in [9.17, 15) is 0 Å². The van der Waals surface area contributed by atoms with Crippen LogP contribution in [0.1, 0.15) is 0 Å². The van der Waals surface area contributed by atoms with Gasteiger partial charge < -0.3 is 0 Å². The summed E-state index contributed by atoms with van der Waals surface area (Å²) < 4.78 is 3.07. The van der Waals surface area contributed by atoms with Gasteiger partial charge in [-0.05, 0) is 0 Å². The first-order chi connectivity index (χ1) is 2.27. The summed E-state index contributed by atoms with van der Waals surface area (Å²) in [5.74, 6) is 0. The number of thiol groups is 1. The molecule has 0 heterocycles. The first-order valence-electron chi connectivity index (χ1n) is 0.901. The fourth-order valence-electron chi connectivity index (χ4n) is 0. The zero-order chi connectivity index (χ0) is 4.28. The molecule has 0 aromatic rings. The number of rotatable bonds is 0. The van der Waals surface area contributed by atoms with Crippen LogP contribution < -0.4 is 4.33 Å². The number of hydrogen-bond acceptors (Lipinski definition) is 1. The molecule has 0 spiro atoms. The van der Waals surface area contributed by atoms with Gasteiger partial charge in [0.1, 0.15) is 0 Å². The van der Waals surface area contributed by atoms with Crippen LogP contribution in [0.4, 0.5) is 0 Å². The number of hydrogen-bond donors (Lipinski definition) is 2. The van der Waals surface area contributed by atoms with Gasteiger partial charge in [-0.2, -0.15) is 0 Å². The van der Waals surface area contributed by atoms with E-state index in [1.807, 2.05) is 0 Å². The van der Waals surface area contributed by atoms with E-state index in [1.165, 1.54) is 0 Å². The van der Waals surface area contributed by atoms with Crippen molar-refractivity contribution in [3.8, 4) is 0 Å². The molecule has 1 nitrogen and oxygen atoms in total. The molecule has 0 aromatic heterocycles. The van der Waals surface area contributed by atoms with Gasteiger partial charge in [0.2, 0.25) is 0 Å². The SMILES string of the molecule is S=C(S)N[SeH]. The molecular weight excluding hydrogens is 169 g/mol. The van der Waals surface area contributed by atoms with Gasteiger partial charge in [-0.3, -0.25) is 0 Å². The second-order valence-corrected chi connectivity index (χ2v) is 2.04. The molecule has 0 unspecified atom stereocenters. The van der Waals surface area contributed by atoms with Gasteiger partial charge in [0.05, 0.1) is 0 Å². The quantitative estimate of drug-likeness (QED) is 0.293. The van der Waals surface area contributed by atoms with Gasteiger partial charge in [0.25, 0.3) is 0 Å². The molecule has 0 amide bonds. The van der Waals surface area contributed by atoms with E-state index >= 15 is 0 Å². The molecule has 0 aliphatic rings. The maximum absolute atomic E-state index is 4.43. The van der Waals surface area contributed by atoms with Crippen molar-refractivity contribution in [1.29, 1.82) is 0 Å². The Morgan fingerprint density at radius 2 is 2.20 bits per heavy atom. The van der Waals surface area contributed by atoms with Gasteiger partial charge in [-0.15, -0.1) is 0 Å². The van der Waals surface area contributed by atoms with Crippen molar-refractivity contribution in [2.75, 3.05) is 0 Å². The predicted molar refractivity (Wildman–Crippen MR) is 31.9 cm³/mol. The van der Waals surface area contributed by atoms with Crippen LogP contribution >= 0.6 is 24.8 Å². The topological polar surface area (TPSA) is 12.0 Å². The summed E-state index contributed by atoms with van der Waals surface area (Å²) in [6.45, 7) is 0. The van der Waals surface area contributed by atoms with Gasteiger partial charge in [0.15, 0.2) is 0 Å². The molecule has 0 atom stereocenters. The summed E-state index contributed by atoms with van der Waals surface area (Å²) in [5, 5.41) is 0. The Morgan fingerprint density at radius 3 is 2.20 bits per heavy atom. The van der Waals surface area contributed by atoms with Gasteiger partial charge in [0, 0.05) is 0 Å². The second-order valence-electron chi connectivity index (χ2n) is 0.417. The average Bonchev–Trinajstić information content (AvgIpc) is 1.38. The summed E-state index contributed by atoms with van der Waals surface area (Å²) >= 11 is 10.2. The van der Waals surface area contributed by atoms with E-state index in [2.05, 4.69) is 45.4 Å². The van der Waals surface area contributed by atoms with Crippen LogP contribution in [0.5, 0.6) is 0 Å². The monoisotopic (exact) mass is 173 g/mol. The summed E-state index contributed by atoms with van der Waals surface area (Å²) in [7, 11) is 0. The standard InChI is InChI=1S/CH3NS2Se/c3-1(4)2-5/h5H,(H2,2,3,4). The van der Waals surface area contributed by atoms with E-state index in [1.54, 1.807) is 0 Å². The second kappa shape index (κ2) is 2.97. The molecular formula is CH3NS2Se. The Hall–Kier alpha value is 0.759. The van der Waals surface area contributed by atoms with Crippen molar-refractivity contribution in [1.82, 2.24) is 4.33 Å². The van der Waals surface area contributed by atoms with Crippen LogP contribution in [0.25, 0.3) is 0 Å². The number of nitrogens with one attached hydrogen (secondary N) is 1. The summed E-state index contributed by atoms with van der Waals surface area (Å²) in [4.78, 5) is 0. The van der Waals surface area contributed by atoms with E-state index in [4.69, 9.17) is 0 Å². The first kappa shape index (κ1) is 5.76. The Kier molecular flexibility index (Phi) is 3.42. The molecule has 0 saturated heterocycles. The molecule has 0 aliphatic heterocycles. The van der Waals surface area contributed by atoms with Crippen molar-refractivity contribution in [3.63, 3.8) is 0 Å². The molecule has 1 N–H and O–H groups in total. The third kappa shape index (κ3) is 4.76. The molecule has 0 aliphatic carbocycles. The fraction of sp³-hybridized carbons (Fsp3) is 0. The van der Waals surface area contributed by atoms with Crippen molar-refractivity contribution < 1.29 is 0 Å². The molecule has 5 heavy (non-hydrogen) atoms. The van der Waals surface area contributed by atoms with Gasteiger partial charge in [-0.1, -0.05) is 0 Å². The van der Waals surface area contributed by atoms with E-state index < -0.39 is 0 Å². The molecule has 4 heteroatoms. The van der Waals surface area contributed by atoms with Crippen molar-refractivity contribution in [3.05, 3.63) is 0 Å². The average molecular weight is 172 g/mol. The predicted octanol–water partition coefficient (Wildman–Crippen LogP) is -0.394. The van der Waals surface area contributed by atoms with Crippen molar-refractivity contribution in [2.45, 2.75) is 0 Å². The van der Waals surface area contributed by atoms with Crippen molar-refractivity contribution >= 4 is 45.4 Å². The zero-order valence-electron chi connectivity index (χ0n) is 2.30.